The van der Waals surface area contributed by atoms with Crippen LogP contribution in [0.3, 0.4) is 0 Å². The van der Waals surface area contributed by atoms with Crippen molar-refractivity contribution in [3.8, 4) is 20.9 Å². The van der Waals surface area contributed by atoms with E-state index in [4.69, 9.17) is 0 Å². The molecule has 0 bridgehead atoms. The van der Waals surface area contributed by atoms with Crippen LogP contribution in [0.5, 0.6) is 0 Å². The highest BCUT2D eigenvalue weighted by atomic mass is 32.1. The van der Waals surface area contributed by atoms with E-state index in [-0.39, 0.29) is 0 Å². The molecule has 0 fully saturated rings. The van der Waals surface area contributed by atoms with Crippen LogP contribution in [0.25, 0.3) is 20.9 Å². The lowest BCUT2D eigenvalue weighted by Crippen LogP contribution is -1.91. The molecule has 28 heavy (non-hydrogen) atoms. The molecule has 0 aliphatic carbocycles. The summed E-state index contributed by atoms with van der Waals surface area (Å²) in [5, 5.41) is 4.56. The van der Waals surface area contributed by atoms with Crippen LogP contribution in [0.15, 0.2) is 47.2 Å². The van der Waals surface area contributed by atoms with Gasteiger partial charge in [-0.05, 0) is 59.7 Å². The summed E-state index contributed by atoms with van der Waals surface area (Å²) in [6.07, 6.45) is 13.0. The standard InChI is InChI=1S/C26H34S2/c1-3-5-7-9-13-21-17-19-27-25(21)23-15-11-12-16-24(23)26-22(18-20-28-26)14-10-8-6-4-2/h11-12,15-20H,3-10,13-14H2,1-2H3. The Labute approximate surface area is 179 Å². The predicted octanol–water partition coefficient (Wildman–Crippen LogP) is 9.39. The molecular weight excluding hydrogens is 376 g/mol. The lowest BCUT2D eigenvalue weighted by molar-refractivity contribution is 0.668. The maximum atomic E-state index is 2.35. The van der Waals surface area contributed by atoms with Crippen LogP contribution < -0.4 is 0 Å². The molecule has 0 atom stereocenters. The fraction of sp³-hybridized carbons (Fsp3) is 0.462. The molecule has 0 amide bonds. The summed E-state index contributed by atoms with van der Waals surface area (Å²) in [5.41, 5.74) is 5.93. The molecule has 2 aromatic heterocycles. The first-order valence-electron chi connectivity index (χ1n) is 11.1. The molecule has 0 N–H and O–H groups in total. The number of benzene rings is 1. The predicted molar refractivity (Wildman–Crippen MR) is 129 cm³/mol. The Bertz CT molecular complexity index is 755. The second-order valence-electron chi connectivity index (χ2n) is 7.72. The smallest absolute Gasteiger partial charge is 0.0381 e. The van der Waals surface area contributed by atoms with Gasteiger partial charge in [-0.25, -0.2) is 0 Å². The van der Waals surface area contributed by atoms with Gasteiger partial charge in [0.05, 0.1) is 0 Å². The summed E-state index contributed by atoms with van der Waals surface area (Å²) in [7, 11) is 0. The number of rotatable bonds is 12. The largest absolute Gasteiger partial charge is 0.144 e. The van der Waals surface area contributed by atoms with Crippen LogP contribution in [0.4, 0.5) is 0 Å². The molecule has 0 spiro atoms. The molecular formula is C26H34S2. The van der Waals surface area contributed by atoms with E-state index in [2.05, 4.69) is 61.0 Å². The zero-order valence-electron chi connectivity index (χ0n) is 17.5. The molecule has 150 valence electrons. The van der Waals surface area contributed by atoms with E-state index >= 15 is 0 Å². The van der Waals surface area contributed by atoms with Gasteiger partial charge in [0.1, 0.15) is 0 Å². The minimum atomic E-state index is 1.21. The molecule has 0 radical (unpaired) electrons. The van der Waals surface area contributed by atoms with Crippen molar-refractivity contribution < 1.29 is 0 Å². The van der Waals surface area contributed by atoms with E-state index in [1.807, 2.05) is 22.7 Å². The van der Waals surface area contributed by atoms with Crippen molar-refractivity contribution in [1.29, 1.82) is 0 Å². The zero-order valence-corrected chi connectivity index (χ0v) is 19.1. The van der Waals surface area contributed by atoms with Gasteiger partial charge >= 0.3 is 0 Å². The van der Waals surface area contributed by atoms with Gasteiger partial charge in [-0.1, -0.05) is 76.6 Å². The van der Waals surface area contributed by atoms with E-state index in [1.165, 1.54) is 96.2 Å². The van der Waals surface area contributed by atoms with Gasteiger partial charge < -0.3 is 0 Å². The number of thiophene rings is 2. The van der Waals surface area contributed by atoms with Crippen LogP contribution in [-0.2, 0) is 12.8 Å². The van der Waals surface area contributed by atoms with Crippen LogP contribution in [0, 0.1) is 0 Å². The van der Waals surface area contributed by atoms with Gasteiger partial charge in [0.15, 0.2) is 0 Å². The lowest BCUT2D eigenvalue weighted by Gasteiger charge is -2.12. The summed E-state index contributed by atoms with van der Waals surface area (Å²) >= 11 is 3.83. The minimum absolute atomic E-state index is 1.21. The molecule has 0 unspecified atom stereocenters. The summed E-state index contributed by atoms with van der Waals surface area (Å²) in [6, 6.07) is 13.8. The third-order valence-electron chi connectivity index (χ3n) is 5.51. The second-order valence-corrected chi connectivity index (χ2v) is 9.55. The Hall–Kier alpha value is -1.38. The molecule has 3 rings (SSSR count). The topological polar surface area (TPSA) is 0 Å². The van der Waals surface area contributed by atoms with Gasteiger partial charge in [-0.2, -0.15) is 0 Å². The van der Waals surface area contributed by atoms with E-state index in [0.717, 1.165) is 0 Å². The Morgan fingerprint density at radius 1 is 0.571 bits per heavy atom. The first kappa shape index (κ1) is 21.3. The highest BCUT2D eigenvalue weighted by Gasteiger charge is 2.15. The molecule has 3 aromatic rings. The molecule has 0 saturated heterocycles. The molecule has 2 heteroatoms. The van der Waals surface area contributed by atoms with Crippen molar-refractivity contribution in [2.45, 2.75) is 78.1 Å². The zero-order chi connectivity index (χ0) is 19.6. The lowest BCUT2D eigenvalue weighted by atomic mass is 9.96. The first-order chi connectivity index (χ1) is 13.8. The van der Waals surface area contributed by atoms with Crippen LogP contribution in [0.2, 0.25) is 0 Å². The minimum Gasteiger partial charge on any atom is -0.144 e. The maximum absolute atomic E-state index is 2.35. The van der Waals surface area contributed by atoms with E-state index in [0.29, 0.717) is 0 Å². The normalized spacial score (nSPS) is 11.2. The third kappa shape index (κ3) is 5.58. The Kier molecular flexibility index (Phi) is 8.82. The van der Waals surface area contributed by atoms with Gasteiger partial charge in [0, 0.05) is 20.9 Å². The highest BCUT2D eigenvalue weighted by Crippen LogP contribution is 2.41. The number of hydrogen-bond acceptors (Lipinski definition) is 2. The van der Waals surface area contributed by atoms with Crippen molar-refractivity contribution in [3.63, 3.8) is 0 Å². The maximum Gasteiger partial charge on any atom is 0.0381 e. The van der Waals surface area contributed by atoms with Crippen molar-refractivity contribution >= 4 is 22.7 Å². The molecule has 1 aromatic carbocycles. The Morgan fingerprint density at radius 2 is 1.04 bits per heavy atom. The Morgan fingerprint density at radius 3 is 1.46 bits per heavy atom. The van der Waals surface area contributed by atoms with E-state index < -0.39 is 0 Å². The Balaban J connectivity index is 1.82. The molecule has 0 nitrogen and oxygen atoms in total. The molecule has 0 saturated carbocycles. The fourth-order valence-corrected chi connectivity index (χ4v) is 5.89. The number of aryl methyl sites for hydroxylation is 2. The van der Waals surface area contributed by atoms with Gasteiger partial charge in [0.2, 0.25) is 0 Å². The first-order valence-corrected chi connectivity index (χ1v) is 12.8. The summed E-state index contributed by atoms with van der Waals surface area (Å²) < 4.78 is 0. The summed E-state index contributed by atoms with van der Waals surface area (Å²) in [6.45, 7) is 4.57. The van der Waals surface area contributed by atoms with Gasteiger partial charge in [-0.15, -0.1) is 22.7 Å². The van der Waals surface area contributed by atoms with Crippen LogP contribution in [0.1, 0.15) is 76.3 Å². The third-order valence-corrected chi connectivity index (χ3v) is 7.49. The van der Waals surface area contributed by atoms with Crippen molar-refractivity contribution in [1.82, 2.24) is 0 Å². The molecule has 2 heterocycles. The van der Waals surface area contributed by atoms with Crippen LogP contribution >= 0.6 is 22.7 Å². The number of unbranched alkanes of at least 4 members (excludes halogenated alkanes) is 6. The average Bonchev–Trinajstić information content (AvgIpc) is 3.38. The average molecular weight is 411 g/mol. The van der Waals surface area contributed by atoms with E-state index in [1.54, 1.807) is 0 Å². The monoisotopic (exact) mass is 410 g/mol. The summed E-state index contributed by atoms with van der Waals surface area (Å²) in [4.78, 5) is 2.97. The molecule has 0 aliphatic rings. The SMILES string of the molecule is CCCCCCc1ccsc1-c1ccccc1-c1sccc1CCCCCC. The van der Waals surface area contributed by atoms with Crippen molar-refractivity contribution in [2.24, 2.45) is 0 Å². The van der Waals surface area contributed by atoms with Gasteiger partial charge in [-0.3, -0.25) is 0 Å². The van der Waals surface area contributed by atoms with Crippen LogP contribution in [-0.4, -0.2) is 0 Å². The van der Waals surface area contributed by atoms with Crippen molar-refractivity contribution in [2.75, 3.05) is 0 Å². The fourth-order valence-electron chi connectivity index (χ4n) is 3.90. The van der Waals surface area contributed by atoms with Crippen molar-refractivity contribution in [3.05, 3.63) is 58.3 Å². The molecule has 0 aliphatic heterocycles. The van der Waals surface area contributed by atoms with E-state index in [9.17, 15) is 0 Å². The quantitative estimate of drug-likeness (QED) is 0.261. The second kappa shape index (κ2) is 11.6. The van der Waals surface area contributed by atoms with Gasteiger partial charge in [0.25, 0.3) is 0 Å². The number of hydrogen-bond donors (Lipinski definition) is 0. The highest BCUT2D eigenvalue weighted by molar-refractivity contribution is 7.14. The summed E-state index contributed by atoms with van der Waals surface area (Å²) in [5.74, 6) is 0.